The van der Waals surface area contributed by atoms with Crippen molar-refractivity contribution in [2.75, 3.05) is 29.5 Å². The predicted octanol–water partition coefficient (Wildman–Crippen LogP) is 4.92. The number of para-hydroxylation sites is 1. The molecule has 30 heavy (non-hydrogen) atoms. The van der Waals surface area contributed by atoms with Gasteiger partial charge in [-0.15, -0.1) is 10.2 Å². The molecule has 1 aliphatic heterocycles. The molecule has 8 heteroatoms. The highest BCUT2D eigenvalue weighted by Gasteiger charge is 2.16. The molecule has 2 N–H and O–H groups in total. The molecule has 2 aromatic carbocycles. The van der Waals surface area contributed by atoms with Crippen molar-refractivity contribution in [3.63, 3.8) is 0 Å². The van der Waals surface area contributed by atoms with Crippen molar-refractivity contribution in [3.05, 3.63) is 54.6 Å². The molecule has 6 nitrogen and oxygen atoms in total. The molecule has 1 unspecified atom stereocenters. The third kappa shape index (κ3) is 5.81. The van der Waals surface area contributed by atoms with E-state index in [0.717, 1.165) is 52.3 Å². The summed E-state index contributed by atoms with van der Waals surface area (Å²) in [5, 5.41) is 15.5. The molecule has 1 amide bonds. The third-order valence-electron chi connectivity index (χ3n) is 4.75. The summed E-state index contributed by atoms with van der Waals surface area (Å²) in [6.45, 7) is 1.62. The molecule has 1 saturated heterocycles. The molecule has 0 bridgehead atoms. The van der Waals surface area contributed by atoms with Gasteiger partial charge in [-0.1, -0.05) is 71.6 Å². The van der Waals surface area contributed by atoms with Crippen LogP contribution in [0.25, 0.3) is 11.1 Å². The molecule has 0 radical (unpaired) electrons. The molecule has 3 aromatic rings. The van der Waals surface area contributed by atoms with E-state index in [2.05, 4.69) is 20.8 Å². The molecule has 1 aliphatic rings. The summed E-state index contributed by atoms with van der Waals surface area (Å²) in [4.78, 5) is 12.5. The number of anilines is 2. The Morgan fingerprint density at radius 1 is 1.13 bits per heavy atom. The predicted molar refractivity (Wildman–Crippen MR) is 123 cm³/mol. The van der Waals surface area contributed by atoms with Crippen LogP contribution in [0.2, 0.25) is 0 Å². The second-order valence-corrected chi connectivity index (χ2v) is 9.27. The SMILES string of the molecule is O=C(CCSc1nnc(NCC2CCCO2)s1)Nc1ccccc1-c1ccccc1. The smallest absolute Gasteiger partial charge is 0.225 e. The molecular weight excluding hydrogens is 416 g/mol. The number of nitrogens with zero attached hydrogens (tertiary/aromatic N) is 2. The standard InChI is InChI=1S/C22H24N4O2S2/c27-20(24-19-11-5-4-10-18(19)16-7-2-1-3-8-16)12-14-29-22-26-25-21(30-22)23-15-17-9-6-13-28-17/h1-5,7-8,10-11,17H,6,9,12-15H2,(H,23,25)(H,24,27). The summed E-state index contributed by atoms with van der Waals surface area (Å²) in [5.74, 6) is 0.645. The van der Waals surface area contributed by atoms with E-state index in [1.807, 2.05) is 54.6 Å². The molecule has 1 fully saturated rings. The normalized spacial score (nSPS) is 15.8. The minimum Gasteiger partial charge on any atom is -0.376 e. The fraction of sp³-hybridized carbons (Fsp3) is 0.318. The zero-order chi connectivity index (χ0) is 20.6. The van der Waals surface area contributed by atoms with Gasteiger partial charge in [-0.2, -0.15) is 0 Å². The highest BCUT2D eigenvalue weighted by atomic mass is 32.2. The van der Waals surface area contributed by atoms with Crippen molar-refractivity contribution in [2.45, 2.75) is 29.7 Å². The molecule has 1 aromatic heterocycles. The lowest BCUT2D eigenvalue weighted by Crippen LogP contribution is -2.18. The first-order valence-corrected chi connectivity index (χ1v) is 11.8. The number of thioether (sulfide) groups is 1. The van der Waals surface area contributed by atoms with E-state index in [1.165, 1.54) is 11.3 Å². The largest absolute Gasteiger partial charge is 0.376 e. The lowest BCUT2D eigenvalue weighted by atomic mass is 10.0. The van der Waals surface area contributed by atoms with Crippen molar-refractivity contribution in [2.24, 2.45) is 0 Å². The molecule has 2 heterocycles. The van der Waals surface area contributed by atoms with E-state index in [1.54, 1.807) is 11.8 Å². The molecule has 0 aliphatic carbocycles. The van der Waals surface area contributed by atoms with Crippen LogP contribution in [0.3, 0.4) is 0 Å². The third-order valence-corrected chi connectivity index (χ3v) is 6.77. The first kappa shape index (κ1) is 20.8. The van der Waals surface area contributed by atoms with Crippen molar-refractivity contribution in [1.29, 1.82) is 0 Å². The molecule has 0 saturated carbocycles. The quantitative estimate of drug-likeness (QED) is 0.460. The number of aromatic nitrogens is 2. The van der Waals surface area contributed by atoms with Crippen molar-refractivity contribution in [3.8, 4) is 11.1 Å². The topological polar surface area (TPSA) is 76.1 Å². The van der Waals surface area contributed by atoms with Crippen LogP contribution in [0.4, 0.5) is 10.8 Å². The molecule has 156 valence electrons. The van der Waals surface area contributed by atoms with E-state index < -0.39 is 0 Å². The van der Waals surface area contributed by atoms with Crippen molar-refractivity contribution in [1.82, 2.24) is 10.2 Å². The summed E-state index contributed by atoms with van der Waals surface area (Å²) in [6, 6.07) is 17.9. The van der Waals surface area contributed by atoms with Gasteiger partial charge in [0.05, 0.1) is 6.10 Å². The Hall–Kier alpha value is -2.42. The lowest BCUT2D eigenvalue weighted by molar-refractivity contribution is -0.115. The highest BCUT2D eigenvalue weighted by Crippen LogP contribution is 2.29. The number of ether oxygens (including phenoxy) is 1. The molecule has 1 atom stereocenters. The number of hydrogen-bond donors (Lipinski definition) is 2. The molecule has 4 rings (SSSR count). The minimum absolute atomic E-state index is 0.00729. The van der Waals surface area contributed by atoms with Gasteiger partial charge in [0.15, 0.2) is 4.34 Å². The van der Waals surface area contributed by atoms with E-state index in [9.17, 15) is 4.79 Å². The van der Waals surface area contributed by atoms with Crippen LogP contribution >= 0.6 is 23.1 Å². The second-order valence-electron chi connectivity index (χ2n) is 6.95. The second kappa shape index (κ2) is 10.6. The Morgan fingerprint density at radius 3 is 2.80 bits per heavy atom. The van der Waals surface area contributed by atoms with Gasteiger partial charge in [0, 0.05) is 36.6 Å². The van der Waals surface area contributed by atoms with Gasteiger partial charge < -0.3 is 15.4 Å². The Labute approximate surface area is 184 Å². The molecular formula is C22H24N4O2S2. The van der Waals surface area contributed by atoms with Gasteiger partial charge in [-0.3, -0.25) is 4.79 Å². The summed E-state index contributed by atoms with van der Waals surface area (Å²) >= 11 is 3.07. The van der Waals surface area contributed by atoms with Gasteiger partial charge in [0.25, 0.3) is 0 Å². The fourth-order valence-electron chi connectivity index (χ4n) is 3.25. The Morgan fingerprint density at radius 2 is 1.97 bits per heavy atom. The number of benzene rings is 2. The van der Waals surface area contributed by atoms with E-state index in [-0.39, 0.29) is 12.0 Å². The van der Waals surface area contributed by atoms with Gasteiger partial charge in [0.2, 0.25) is 11.0 Å². The van der Waals surface area contributed by atoms with Crippen LogP contribution in [-0.4, -0.2) is 41.1 Å². The maximum Gasteiger partial charge on any atom is 0.225 e. The summed E-state index contributed by atoms with van der Waals surface area (Å²) < 4.78 is 6.47. The zero-order valence-electron chi connectivity index (χ0n) is 16.5. The monoisotopic (exact) mass is 440 g/mol. The maximum atomic E-state index is 12.5. The summed E-state index contributed by atoms with van der Waals surface area (Å²) in [7, 11) is 0. The van der Waals surface area contributed by atoms with E-state index in [0.29, 0.717) is 12.2 Å². The number of amides is 1. The first-order chi connectivity index (χ1) is 14.8. The van der Waals surface area contributed by atoms with Gasteiger partial charge in [-0.05, 0) is 24.5 Å². The summed E-state index contributed by atoms with van der Waals surface area (Å²) in [5.41, 5.74) is 2.93. The number of carbonyl (C=O) groups excluding carboxylic acids is 1. The van der Waals surface area contributed by atoms with Crippen molar-refractivity contribution >= 4 is 39.8 Å². The van der Waals surface area contributed by atoms with E-state index in [4.69, 9.17) is 4.74 Å². The van der Waals surface area contributed by atoms with Gasteiger partial charge in [-0.25, -0.2) is 0 Å². The first-order valence-electron chi connectivity index (χ1n) is 10.0. The van der Waals surface area contributed by atoms with Gasteiger partial charge in [0.1, 0.15) is 0 Å². The maximum absolute atomic E-state index is 12.5. The van der Waals surface area contributed by atoms with Crippen molar-refractivity contribution < 1.29 is 9.53 Å². The minimum atomic E-state index is -0.00729. The zero-order valence-corrected chi connectivity index (χ0v) is 18.2. The lowest BCUT2D eigenvalue weighted by Gasteiger charge is -2.11. The van der Waals surface area contributed by atoms with Gasteiger partial charge >= 0.3 is 0 Å². The Balaban J connectivity index is 1.24. The number of carbonyl (C=O) groups is 1. The van der Waals surface area contributed by atoms with Crippen LogP contribution in [0.1, 0.15) is 19.3 Å². The van der Waals surface area contributed by atoms with E-state index >= 15 is 0 Å². The number of rotatable bonds is 9. The number of hydrogen-bond acceptors (Lipinski definition) is 7. The summed E-state index contributed by atoms with van der Waals surface area (Å²) in [6.07, 6.45) is 2.90. The van der Waals surface area contributed by atoms with Crippen LogP contribution in [0.15, 0.2) is 58.9 Å². The van der Waals surface area contributed by atoms with Crippen LogP contribution in [-0.2, 0) is 9.53 Å². The Bertz CT molecular complexity index is 959. The van der Waals surface area contributed by atoms with Crippen LogP contribution in [0, 0.1) is 0 Å². The Kier molecular flexibility index (Phi) is 7.34. The number of nitrogens with one attached hydrogen (secondary N) is 2. The van der Waals surface area contributed by atoms with Crippen LogP contribution < -0.4 is 10.6 Å². The molecule has 0 spiro atoms. The fourth-order valence-corrected chi connectivity index (χ4v) is 5.02. The average Bonchev–Trinajstić information content (AvgIpc) is 3.45. The highest BCUT2D eigenvalue weighted by molar-refractivity contribution is 8.01. The van der Waals surface area contributed by atoms with Crippen LogP contribution in [0.5, 0.6) is 0 Å². The average molecular weight is 441 g/mol.